The highest BCUT2D eigenvalue weighted by Gasteiger charge is 2.27. The summed E-state index contributed by atoms with van der Waals surface area (Å²) >= 11 is 18.2. The topological polar surface area (TPSA) is 25.8 Å². The molecule has 2 aromatic rings. The van der Waals surface area contributed by atoms with Crippen LogP contribution in [-0.4, -0.2) is 9.36 Å². The highest BCUT2D eigenvalue weighted by Crippen LogP contribution is 2.39. The number of hydrogen-bond acceptors (Lipinski definition) is 3. The van der Waals surface area contributed by atoms with E-state index in [-0.39, 0.29) is 0 Å². The molecule has 0 bridgehead atoms. The minimum absolute atomic E-state index is 0.381. The fourth-order valence-corrected chi connectivity index (χ4v) is 2.03. The minimum atomic E-state index is -1.50. The van der Waals surface area contributed by atoms with E-state index in [1.165, 1.54) is 0 Å². The summed E-state index contributed by atoms with van der Waals surface area (Å²) in [5, 5.41) is 0.381. The van der Waals surface area contributed by atoms with Crippen LogP contribution in [0.1, 0.15) is 5.01 Å². The van der Waals surface area contributed by atoms with Gasteiger partial charge in [-0.1, -0.05) is 65.1 Å². The van der Waals surface area contributed by atoms with Crippen molar-refractivity contribution in [2.45, 2.75) is 3.79 Å². The maximum Gasteiger partial charge on any atom is 0.243 e. The summed E-state index contributed by atoms with van der Waals surface area (Å²) in [4.78, 5) is 4.16. The Bertz CT molecular complexity index is 450. The number of nitrogens with zero attached hydrogens (tertiary/aromatic N) is 2. The van der Waals surface area contributed by atoms with Crippen LogP contribution in [0.3, 0.4) is 0 Å². The van der Waals surface area contributed by atoms with Gasteiger partial charge in [0.15, 0.2) is 10.8 Å². The zero-order valence-corrected chi connectivity index (χ0v) is 10.4. The standard InChI is InChI=1S/C9H5Cl3N2S/c10-9(11,12)8-13-7(14-15-8)6-4-2-1-3-5-6/h1-5H. The van der Waals surface area contributed by atoms with E-state index in [4.69, 9.17) is 34.8 Å². The summed E-state index contributed by atoms with van der Waals surface area (Å²) in [5.74, 6) is 0.585. The molecule has 1 heterocycles. The molecule has 0 aliphatic heterocycles. The average molecular weight is 280 g/mol. The first-order valence-electron chi connectivity index (χ1n) is 4.04. The zero-order chi connectivity index (χ0) is 10.9. The fraction of sp³-hybridized carbons (Fsp3) is 0.111. The van der Waals surface area contributed by atoms with Crippen molar-refractivity contribution in [2.75, 3.05) is 0 Å². The Hall–Kier alpha value is -0.350. The Morgan fingerprint density at radius 2 is 1.73 bits per heavy atom. The van der Waals surface area contributed by atoms with Crippen LogP contribution >= 0.6 is 46.3 Å². The lowest BCUT2D eigenvalue weighted by atomic mass is 10.2. The molecule has 0 spiro atoms. The molecule has 0 saturated heterocycles. The third kappa shape index (κ3) is 2.61. The monoisotopic (exact) mass is 278 g/mol. The van der Waals surface area contributed by atoms with Crippen LogP contribution in [0.25, 0.3) is 11.4 Å². The molecule has 0 atom stereocenters. The average Bonchev–Trinajstić information content (AvgIpc) is 2.67. The highest BCUT2D eigenvalue weighted by atomic mass is 35.6. The first-order valence-corrected chi connectivity index (χ1v) is 5.94. The molecule has 2 nitrogen and oxygen atoms in total. The van der Waals surface area contributed by atoms with Gasteiger partial charge in [0, 0.05) is 5.56 Å². The molecule has 78 valence electrons. The maximum absolute atomic E-state index is 5.70. The van der Waals surface area contributed by atoms with Crippen LogP contribution in [0.4, 0.5) is 0 Å². The van der Waals surface area contributed by atoms with E-state index in [0.29, 0.717) is 10.8 Å². The van der Waals surface area contributed by atoms with Crippen molar-refractivity contribution < 1.29 is 0 Å². The van der Waals surface area contributed by atoms with Gasteiger partial charge in [-0.2, -0.15) is 4.37 Å². The largest absolute Gasteiger partial charge is 0.243 e. The van der Waals surface area contributed by atoms with Crippen molar-refractivity contribution in [3.63, 3.8) is 0 Å². The van der Waals surface area contributed by atoms with Crippen LogP contribution in [0.5, 0.6) is 0 Å². The van der Waals surface area contributed by atoms with E-state index in [0.717, 1.165) is 17.1 Å². The summed E-state index contributed by atoms with van der Waals surface area (Å²) in [6, 6.07) is 9.55. The fourth-order valence-electron chi connectivity index (χ4n) is 1.04. The van der Waals surface area contributed by atoms with Crippen molar-refractivity contribution in [2.24, 2.45) is 0 Å². The molecule has 2 rings (SSSR count). The molecule has 0 amide bonds. The third-order valence-corrected chi connectivity index (χ3v) is 3.41. The van der Waals surface area contributed by atoms with E-state index in [9.17, 15) is 0 Å². The quantitative estimate of drug-likeness (QED) is 0.737. The summed E-state index contributed by atoms with van der Waals surface area (Å²) in [7, 11) is 0. The van der Waals surface area contributed by atoms with Crippen LogP contribution in [0.2, 0.25) is 0 Å². The van der Waals surface area contributed by atoms with E-state index >= 15 is 0 Å². The van der Waals surface area contributed by atoms with Crippen molar-refractivity contribution >= 4 is 46.3 Å². The van der Waals surface area contributed by atoms with E-state index in [1.54, 1.807) is 0 Å². The van der Waals surface area contributed by atoms with Crippen LogP contribution in [-0.2, 0) is 3.79 Å². The number of alkyl halides is 3. The first-order chi connectivity index (χ1) is 7.07. The normalized spacial score (nSPS) is 11.7. The summed E-state index contributed by atoms with van der Waals surface area (Å²) < 4.78 is 2.63. The Morgan fingerprint density at radius 1 is 1.07 bits per heavy atom. The Morgan fingerprint density at radius 3 is 2.27 bits per heavy atom. The maximum atomic E-state index is 5.70. The molecular weight excluding hydrogens is 275 g/mol. The molecule has 0 radical (unpaired) electrons. The second-order valence-electron chi connectivity index (χ2n) is 2.79. The SMILES string of the molecule is ClC(Cl)(Cl)c1nc(-c2ccccc2)ns1. The lowest BCUT2D eigenvalue weighted by molar-refractivity contribution is 1.15. The van der Waals surface area contributed by atoms with Crippen molar-refractivity contribution in [3.05, 3.63) is 35.3 Å². The van der Waals surface area contributed by atoms with Gasteiger partial charge in [-0.25, -0.2) is 4.98 Å². The van der Waals surface area contributed by atoms with E-state index in [1.807, 2.05) is 30.3 Å². The van der Waals surface area contributed by atoms with Crippen molar-refractivity contribution in [1.29, 1.82) is 0 Å². The van der Waals surface area contributed by atoms with Gasteiger partial charge in [0.05, 0.1) is 0 Å². The Labute approximate surface area is 106 Å². The van der Waals surface area contributed by atoms with Gasteiger partial charge in [-0.15, -0.1) is 0 Å². The summed E-state index contributed by atoms with van der Waals surface area (Å²) in [6.07, 6.45) is 0. The van der Waals surface area contributed by atoms with Gasteiger partial charge in [0.2, 0.25) is 3.79 Å². The Kier molecular flexibility index (Phi) is 3.16. The van der Waals surface area contributed by atoms with Crippen molar-refractivity contribution in [1.82, 2.24) is 9.36 Å². The van der Waals surface area contributed by atoms with E-state index in [2.05, 4.69) is 9.36 Å². The molecule has 1 aromatic carbocycles. The molecule has 6 heteroatoms. The number of halogens is 3. The minimum Gasteiger partial charge on any atom is -0.215 e. The highest BCUT2D eigenvalue weighted by molar-refractivity contribution is 7.07. The van der Waals surface area contributed by atoms with Crippen molar-refractivity contribution in [3.8, 4) is 11.4 Å². The molecule has 0 unspecified atom stereocenters. The van der Waals surface area contributed by atoms with Crippen LogP contribution in [0, 0.1) is 0 Å². The molecule has 0 saturated carbocycles. The predicted octanol–water partition coefficient (Wildman–Crippen LogP) is 4.03. The zero-order valence-electron chi connectivity index (χ0n) is 7.32. The molecule has 0 fully saturated rings. The summed E-state index contributed by atoms with van der Waals surface area (Å²) in [5.41, 5.74) is 0.911. The lowest BCUT2D eigenvalue weighted by Gasteiger charge is -2.03. The molecule has 15 heavy (non-hydrogen) atoms. The van der Waals surface area contributed by atoms with Gasteiger partial charge >= 0.3 is 0 Å². The van der Waals surface area contributed by atoms with Crippen LogP contribution < -0.4 is 0 Å². The number of rotatable bonds is 1. The first kappa shape index (κ1) is 11.1. The molecule has 0 N–H and O–H groups in total. The van der Waals surface area contributed by atoms with Gasteiger partial charge in [0.1, 0.15) is 0 Å². The van der Waals surface area contributed by atoms with Gasteiger partial charge in [-0.3, -0.25) is 0 Å². The second-order valence-corrected chi connectivity index (χ2v) is 5.82. The third-order valence-electron chi connectivity index (χ3n) is 1.70. The van der Waals surface area contributed by atoms with Gasteiger partial charge < -0.3 is 0 Å². The summed E-state index contributed by atoms with van der Waals surface area (Å²) in [6.45, 7) is 0. The smallest absolute Gasteiger partial charge is 0.215 e. The predicted molar refractivity (Wildman–Crippen MR) is 64.6 cm³/mol. The number of hydrogen-bond donors (Lipinski definition) is 0. The molecule has 0 aliphatic rings. The van der Waals surface area contributed by atoms with E-state index < -0.39 is 3.79 Å². The lowest BCUT2D eigenvalue weighted by Crippen LogP contribution is -1.98. The second kappa shape index (κ2) is 4.26. The molecular formula is C9H5Cl3N2S. The van der Waals surface area contributed by atoms with Crippen LogP contribution in [0.15, 0.2) is 30.3 Å². The molecule has 1 aromatic heterocycles. The Balaban J connectivity index is 2.37. The van der Waals surface area contributed by atoms with Gasteiger partial charge in [0.25, 0.3) is 0 Å². The molecule has 0 aliphatic carbocycles. The number of aromatic nitrogens is 2. The van der Waals surface area contributed by atoms with Gasteiger partial charge in [-0.05, 0) is 11.5 Å². The number of benzene rings is 1.